The van der Waals surface area contributed by atoms with Crippen LogP contribution in [0.25, 0.3) is 0 Å². The molecule has 0 unspecified atom stereocenters. The van der Waals surface area contributed by atoms with Gasteiger partial charge in [0.25, 0.3) is 0 Å². The number of aromatic nitrogens is 2. The van der Waals surface area contributed by atoms with Crippen LogP contribution < -0.4 is 5.73 Å². The van der Waals surface area contributed by atoms with E-state index in [1.165, 1.54) is 0 Å². The molecule has 0 saturated carbocycles. The number of rotatable bonds is 3. The van der Waals surface area contributed by atoms with E-state index in [2.05, 4.69) is 4.98 Å². The topological polar surface area (TPSA) is 60.9 Å². The number of hydrogen-bond donors (Lipinski definition) is 1. The maximum atomic E-state index is 10.6. The van der Waals surface area contributed by atoms with Crippen LogP contribution in [0, 0.1) is 6.92 Å². The Labute approximate surface area is 71.4 Å². The van der Waals surface area contributed by atoms with E-state index in [9.17, 15) is 4.79 Å². The maximum absolute atomic E-state index is 10.6. The lowest BCUT2D eigenvalue weighted by Gasteiger charge is -1.98. The summed E-state index contributed by atoms with van der Waals surface area (Å²) in [7, 11) is 0. The van der Waals surface area contributed by atoms with Gasteiger partial charge in [0, 0.05) is 6.20 Å². The molecule has 4 nitrogen and oxygen atoms in total. The van der Waals surface area contributed by atoms with Gasteiger partial charge in [-0.25, -0.2) is 4.98 Å². The Kier molecular flexibility index (Phi) is 2.47. The van der Waals surface area contributed by atoms with Crippen LogP contribution in [0.2, 0.25) is 0 Å². The molecule has 0 fully saturated rings. The van der Waals surface area contributed by atoms with Crippen molar-refractivity contribution >= 4 is 5.91 Å². The van der Waals surface area contributed by atoms with Crippen molar-refractivity contribution in [1.29, 1.82) is 0 Å². The summed E-state index contributed by atoms with van der Waals surface area (Å²) in [6, 6.07) is 0. The van der Waals surface area contributed by atoms with E-state index in [1.807, 2.05) is 20.0 Å². The number of hydrogen-bond acceptors (Lipinski definition) is 2. The largest absolute Gasteiger partial charge is 0.368 e. The highest BCUT2D eigenvalue weighted by Crippen LogP contribution is 2.02. The molecule has 2 N–H and O–H groups in total. The van der Waals surface area contributed by atoms with Crippen LogP contribution in [-0.4, -0.2) is 15.5 Å². The zero-order chi connectivity index (χ0) is 9.14. The summed E-state index contributed by atoms with van der Waals surface area (Å²) in [4.78, 5) is 14.8. The Morgan fingerprint density at radius 3 is 2.83 bits per heavy atom. The molecule has 0 aliphatic carbocycles. The number of nitrogens with zero attached hydrogens (tertiary/aromatic N) is 2. The SMILES string of the molecule is CCc1cn(CC(N)=O)c(C)n1. The van der Waals surface area contributed by atoms with E-state index in [0.29, 0.717) is 0 Å². The normalized spacial score (nSPS) is 10.2. The molecule has 0 aliphatic rings. The predicted molar refractivity (Wildman–Crippen MR) is 45.5 cm³/mol. The maximum Gasteiger partial charge on any atom is 0.237 e. The Bertz CT molecular complexity index is 290. The first-order chi connectivity index (χ1) is 5.63. The number of amides is 1. The quantitative estimate of drug-likeness (QED) is 0.701. The first-order valence-electron chi connectivity index (χ1n) is 3.94. The second-order valence-corrected chi connectivity index (χ2v) is 2.73. The summed E-state index contributed by atoms with van der Waals surface area (Å²) in [6.45, 7) is 4.11. The second-order valence-electron chi connectivity index (χ2n) is 2.73. The predicted octanol–water partition coefficient (Wildman–Crippen LogP) is 0.239. The molecule has 12 heavy (non-hydrogen) atoms. The van der Waals surface area contributed by atoms with Gasteiger partial charge < -0.3 is 10.3 Å². The average molecular weight is 167 g/mol. The van der Waals surface area contributed by atoms with Gasteiger partial charge in [-0.15, -0.1) is 0 Å². The van der Waals surface area contributed by atoms with E-state index in [0.717, 1.165) is 17.9 Å². The average Bonchev–Trinajstić information content (AvgIpc) is 2.31. The zero-order valence-corrected chi connectivity index (χ0v) is 7.37. The summed E-state index contributed by atoms with van der Waals surface area (Å²) in [5, 5.41) is 0. The standard InChI is InChI=1S/C8H13N3O/c1-3-7-4-11(5-8(9)12)6(2)10-7/h4H,3,5H2,1-2H3,(H2,9,12). The Balaban J connectivity index is 2.84. The lowest BCUT2D eigenvalue weighted by atomic mass is 10.4. The molecule has 4 heteroatoms. The van der Waals surface area contributed by atoms with Gasteiger partial charge in [0.1, 0.15) is 12.4 Å². The number of primary amides is 1. The van der Waals surface area contributed by atoms with Gasteiger partial charge in [-0.2, -0.15) is 0 Å². The van der Waals surface area contributed by atoms with Gasteiger partial charge in [0.15, 0.2) is 0 Å². The molecule has 0 aliphatic heterocycles. The summed E-state index contributed by atoms with van der Waals surface area (Å²) < 4.78 is 1.77. The molecule has 0 bridgehead atoms. The molecule has 1 rings (SSSR count). The van der Waals surface area contributed by atoms with Crippen molar-refractivity contribution < 1.29 is 4.79 Å². The monoisotopic (exact) mass is 167 g/mol. The van der Waals surface area contributed by atoms with Crippen molar-refractivity contribution in [2.75, 3.05) is 0 Å². The minimum absolute atomic E-state index is 0.221. The van der Waals surface area contributed by atoms with Crippen LogP contribution >= 0.6 is 0 Å². The highest BCUT2D eigenvalue weighted by atomic mass is 16.1. The van der Waals surface area contributed by atoms with Gasteiger partial charge >= 0.3 is 0 Å². The highest BCUT2D eigenvalue weighted by Gasteiger charge is 2.03. The van der Waals surface area contributed by atoms with E-state index in [-0.39, 0.29) is 12.5 Å². The third-order valence-electron chi connectivity index (χ3n) is 1.71. The molecular formula is C8H13N3O. The smallest absolute Gasteiger partial charge is 0.237 e. The van der Waals surface area contributed by atoms with Crippen molar-refractivity contribution in [2.24, 2.45) is 5.73 Å². The van der Waals surface area contributed by atoms with E-state index >= 15 is 0 Å². The minimum Gasteiger partial charge on any atom is -0.368 e. The molecule has 66 valence electrons. The summed E-state index contributed by atoms with van der Waals surface area (Å²) in [5.41, 5.74) is 6.05. The summed E-state index contributed by atoms with van der Waals surface area (Å²) in [6.07, 6.45) is 2.74. The van der Waals surface area contributed by atoms with Gasteiger partial charge in [-0.3, -0.25) is 4.79 Å². The molecular weight excluding hydrogens is 154 g/mol. The Hall–Kier alpha value is -1.32. The zero-order valence-electron chi connectivity index (χ0n) is 7.37. The lowest BCUT2D eigenvalue weighted by Crippen LogP contribution is -2.18. The number of imidazole rings is 1. The molecule has 0 radical (unpaired) electrons. The molecule has 0 atom stereocenters. The van der Waals surface area contributed by atoms with Crippen molar-refractivity contribution in [3.05, 3.63) is 17.7 Å². The third kappa shape index (κ3) is 1.84. The molecule has 0 aromatic carbocycles. The Morgan fingerprint density at radius 2 is 2.42 bits per heavy atom. The molecule has 0 spiro atoms. The van der Waals surface area contributed by atoms with Gasteiger partial charge in [-0.1, -0.05) is 6.92 Å². The van der Waals surface area contributed by atoms with Crippen LogP contribution in [-0.2, 0) is 17.8 Å². The van der Waals surface area contributed by atoms with Crippen LogP contribution in [0.1, 0.15) is 18.4 Å². The fourth-order valence-corrected chi connectivity index (χ4v) is 1.07. The van der Waals surface area contributed by atoms with Crippen molar-refractivity contribution in [1.82, 2.24) is 9.55 Å². The molecule has 1 amide bonds. The fourth-order valence-electron chi connectivity index (χ4n) is 1.07. The van der Waals surface area contributed by atoms with Crippen molar-refractivity contribution in [3.8, 4) is 0 Å². The summed E-state index contributed by atoms with van der Waals surface area (Å²) >= 11 is 0. The molecule has 1 aromatic heterocycles. The molecule has 1 heterocycles. The first kappa shape index (κ1) is 8.77. The number of carbonyl (C=O) groups excluding carboxylic acids is 1. The Morgan fingerprint density at radius 1 is 1.75 bits per heavy atom. The number of nitrogens with two attached hydrogens (primary N) is 1. The van der Waals surface area contributed by atoms with Gasteiger partial charge in [-0.05, 0) is 13.3 Å². The fraction of sp³-hybridized carbons (Fsp3) is 0.500. The minimum atomic E-state index is -0.335. The van der Waals surface area contributed by atoms with Crippen LogP contribution in [0.4, 0.5) is 0 Å². The van der Waals surface area contributed by atoms with E-state index in [4.69, 9.17) is 5.73 Å². The first-order valence-corrected chi connectivity index (χ1v) is 3.94. The van der Waals surface area contributed by atoms with E-state index < -0.39 is 0 Å². The second kappa shape index (κ2) is 3.38. The summed E-state index contributed by atoms with van der Waals surface area (Å²) in [5.74, 6) is 0.504. The van der Waals surface area contributed by atoms with Crippen LogP contribution in [0.5, 0.6) is 0 Å². The van der Waals surface area contributed by atoms with Gasteiger partial charge in [0.05, 0.1) is 5.69 Å². The highest BCUT2D eigenvalue weighted by molar-refractivity contribution is 5.73. The van der Waals surface area contributed by atoms with Gasteiger partial charge in [0.2, 0.25) is 5.91 Å². The number of carbonyl (C=O) groups is 1. The van der Waals surface area contributed by atoms with Crippen molar-refractivity contribution in [3.63, 3.8) is 0 Å². The lowest BCUT2D eigenvalue weighted by molar-refractivity contribution is -0.118. The molecule has 0 saturated heterocycles. The van der Waals surface area contributed by atoms with E-state index in [1.54, 1.807) is 4.57 Å². The van der Waals surface area contributed by atoms with Crippen molar-refractivity contribution in [2.45, 2.75) is 26.8 Å². The van der Waals surface area contributed by atoms with Crippen LogP contribution in [0.3, 0.4) is 0 Å². The molecule has 1 aromatic rings. The van der Waals surface area contributed by atoms with Crippen LogP contribution in [0.15, 0.2) is 6.20 Å². The third-order valence-corrected chi connectivity index (χ3v) is 1.71. The number of aryl methyl sites for hydroxylation is 2.